The molecule has 1 aliphatic heterocycles. The lowest BCUT2D eigenvalue weighted by molar-refractivity contribution is 0.134. The Morgan fingerprint density at radius 3 is 2.51 bits per heavy atom. The number of hydrogen-bond acceptors (Lipinski definition) is 6. The van der Waals surface area contributed by atoms with Crippen LogP contribution in [0.4, 0.5) is 10.2 Å². The van der Waals surface area contributed by atoms with Crippen LogP contribution in [-0.4, -0.2) is 44.6 Å². The number of nitriles is 1. The second-order valence-electron chi connectivity index (χ2n) is 9.78. The van der Waals surface area contributed by atoms with Crippen molar-refractivity contribution in [1.29, 1.82) is 5.26 Å². The number of aromatic nitrogens is 3. The van der Waals surface area contributed by atoms with Crippen LogP contribution in [0, 0.1) is 17.1 Å². The van der Waals surface area contributed by atoms with Crippen molar-refractivity contribution in [1.82, 2.24) is 19.4 Å². The van der Waals surface area contributed by atoms with Gasteiger partial charge in [0, 0.05) is 44.3 Å². The molecule has 3 heterocycles. The highest BCUT2D eigenvalue weighted by molar-refractivity contribution is 5.86. The first kappa shape index (κ1) is 23.4. The van der Waals surface area contributed by atoms with Crippen LogP contribution in [0.5, 0.6) is 0 Å². The molecule has 0 N–H and O–H groups in total. The summed E-state index contributed by atoms with van der Waals surface area (Å²) < 4.78 is 16.4. The van der Waals surface area contributed by atoms with Crippen LogP contribution in [0.25, 0.3) is 11.0 Å². The molecule has 1 aliphatic carbocycles. The molecule has 35 heavy (non-hydrogen) atoms. The lowest BCUT2D eigenvalue weighted by Crippen LogP contribution is -2.58. The normalized spacial score (nSPS) is 20.8. The van der Waals surface area contributed by atoms with E-state index >= 15 is 0 Å². The Morgan fingerprint density at radius 2 is 1.86 bits per heavy atom. The van der Waals surface area contributed by atoms with Crippen molar-refractivity contribution < 1.29 is 4.39 Å². The number of benzene rings is 1. The zero-order chi connectivity index (χ0) is 24.7. The lowest BCUT2D eigenvalue weighted by Gasteiger charge is -2.47. The summed E-state index contributed by atoms with van der Waals surface area (Å²) in [7, 11) is 1.67. The van der Waals surface area contributed by atoms with E-state index < -0.39 is 0 Å². The molecule has 0 amide bonds. The molecule has 2 fully saturated rings. The van der Waals surface area contributed by atoms with E-state index in [1.54, 1.807) is 25.2 Å². The molecule has 2 aromatic heterocycles. The zero-order valence-electron chi connectivity index (χ0n) is 20.5. The van der Waals surface area contributed by atoms with Gasteiger partial charge < -0.3 is 4.90 Å². The highest BCUT2D eigenvalue weighted by Gasteiger charge is 2.35. The molecule has 5 rings (SSSR count). The summed E-state index contributed by atoms with van der Waals surface area (Å²) in [4.78, 5) is 26.2. The van der Waals surface area contributed by atoms with Crippen LogP contribution in [-0.2, 0) is 13.6 Å². The topological polar surface area (TPSA) is 78.0 Å². The van der Waals surface area contributed by atoms with E-state index in [-0.39, 0.29) is 23.6 Å². The molecule has 1 saturated carbocycles. The van der Waals surface area contributed by atoms with Gasteiger partial charge in [0.25, 0.3) is 0 Å². The molecule has 1 saturated heterocycles. The highest BCUT2D eigenvalue weighted by atomic mass is 19.1. The monoisotopic (exact) mass is 474 g/mol. The molecule has 2 atom stereocenters. The number of aryl methyl sites for hydroxylation is 1. The molecule has 0 spiro atoms. The standard InChI is InChI=1S/C27H31FN6O/c1-4-21-16-34(26-25-24(32(3)27(35)31-26)11-10-20(13-29)30-25)22(5-2)15-33(21)14-19-9-8-18(12-23(19)28)17-6-7-17/h8-12,17,21-22H,4-7,14-16H2,1-3H3/t21-,22?/m1/s1. The minimum Gasteiger partial charge on any atom is -0.349 e. The molecule has 3 aromatic rings. The fourth-order valence-corrected chi connectivity index (χ4v) is 5.25. The number of nitrogens with zero attached hydrogens (tertiary/aromatic N) is 6. The molecule has 2 aliphatic rings. The Bertz CT molecular complexity index is 1360. The summed E-state index contributed by atoms with van der Waals surface area (Å²) in [6.45, 7) is 6.20. The minimum absolute atomic E-state index is 0.0851. The van der Waals surface area contributed by atoms with E-state index in [0.717, 1.165) is 43.4 Å². The largest absolute Gasteiger partial charge is 0.349 e. The molecular formula is C27H31FN6O. The summed E-state index contributed by atoms with van der Waals surface area (Å²) in [6.07, 6.45) is 4.04. The summed E-state index contributed by atoms with van der Waals surface area (Å²) in [5.41, 5.74) is 3.01. The van der Waals surface area contributed by atoms with E-state index in [1.807, 2.05) is 6.07 Å². The third kappa shape index (κ3) is 4.41. The van der Waals surface area contributed by atoms with Gasteiger partial charge >= 0.3 is 5.69 Å². The maximum Gasteiger partial charge on any atom is 0.349 e. The van der Waals surface area contributed by atoms with Crippen LogP contribution in [0.3, 0.4) is 0 Å². The number of piperazine rings is 1. The number of hydrogen-bond donors (Lipinski definition) is 0. The first-order chi connectivity index (χ1) is 16.9. The van der Waals surface area contributed by atoms with Gasteiger partial charge in [-0.15, -0.1) is 0 Å². The summed E-state index contributed by atoms with van der Waals surface area (Å²) in [5, 5.41) is 9.40. The Morgan fingerprint density at radius 1 is 1.09 bits per heavy atom. The van der Waals surface area contributed by atoms with E-state index in [2.05, 4.69) is 45.8 Å². The number of fused-ring (bicyclic) bond motifs is 1. The van der Waals surface area contributed by atoms with E-state index in [1.165, 1.54) is 4.57 Å². The van der Waals surface area contributed by atoms with Gasteiger partial charge in [-0.25, -0.2) is 14.2 Å². The molecule has 0 radical (unpaired) electrons. The molecule has 7 nitrogen and oxygen atoms in total. The maximum absolute atomic E-state index is 15.0. The third-order valence-electron chi connectivity index (χ3n) is 7.57. The fourth-order valence-electron chi connectivity index (χ4n) is 5.25. The van der Waals surface area contributed by atoms with Crippen molar-refractivity contribution in [3.05, 3.63) is 63.5 Å². The molecule has 0 bridgehead atoms. The van der Waals surface area contributed by atoms with Gasteiger partial charge in [-0.3, -0.25) is 9.47 Å². The van der Waals surface area contributed by atoms with Gasteiger partial charge in [0.1, 0.15) is 23.1 Å². The van der Waals surface area contributed by atoms with Gasteiger partial charge in [-0.1, -0.05) is 26.0 Å². The molecule has 1 aromatic carbocycles. The minimum atomic E-state index is -0.345. The van der Waals surface area contributed by atoms with Gasteiger partial charge in [-0.05, 0) is 55.4 Å². The SMILES string of the molecule is CCC1CN(Cc2ccc(C3CC3)cc2F)[C@H](CC)CN1c1nc(=O)n(C)c2ccc(C#N)nc12. The summed E-state index contributed by atoms with van der Waals surface area (Å²) >= 11 is 0. The molecule has 182 valence electrons. The number of pyridine rings is 1. The van der Waals surface area contributed by atoms with Gasteiger partial charge in [0.05, 0.1) is 5.52 Å². The summed E-state index contributed by atoms with van der Waals surface area (Å²) in [5.74, 6) is 0.948. The molecular weight excluding hydrogens is 443 g/mol. The van der Waals surface area contributed by atoms with E-state index in [9.17, 15) is 14.4 Å². The van der Waals surface area contributed by atoms with Crippen LogP contribution < -0.4 is 10.6 Å². The zero-order valence-corrected chi connectivity index (χ0v) is 20.5. The first-order valence-electron chi connectivity index (χ1n) is 12.5. The van der Waals surface area contributed by atoms with Crippen molar-refractivity contribution in [2.75, 3.05) is 18.0 Å². The van der Waals surface area contributed by atoms with E-state index in [4.69, 9.17) is 0 Å². The van der Waals surface area contributed by atoms with Gasteiger partial charge in [0.15, 0.2) is 5.82 Å². The number of halogens is 1. The predicted molar refractivity (Wildman–Crippen MR) is 134 cm³/mol. The Kier molecular flexibility index (Phi) is 6.28. The van der Waals surface area contributed by atoms with Crippen LogP contribution >= 0.6 is 0 Å². The highest BCUT2D eigenvalue weighted by Crippen LogP contribution is 2.40. The predicted octanol–water partition coefficient (Wildman–Crippen LogP) is 4.10. The second kappa shape index (κ2) is 9.38. The van der Waals surface area contributed by atoms with Crippen molar-refractivity contribution in [2.45, 2.75) is 64.1 Å². The fraction of sp³-hybridized carbons (Fsp3) is 0.481. The Balaban J connectivity index is 1.47. The van der Waals surface area contributed by atoms with Gasteiger partial charge in [0.2, 0.25) is 0 Å². The smallest absolute Gasteiger partial charge is 0.349 e. The third-order valence-corrected chi connectivity index (χ3v) is 7.57. The van der Waals surface area contributed by atoms with Gasteiger partial charge in [-0.2, -0.15) is 10.2 Å². The lowest BCUT2D eigenvalue weighted by atomic mass is 10.00. The first-order valence-corrected chi connectivity index (χ1v) is 12.5. The summed E-state index contributed by atoms with van der Waals surface area (Å²) in [6, 6.07) is 11.5. The Hall–Kier alpha value is -3.31. The van der Waals surface area contributed by atoms with Crippen molar-refractivity contribution in [3.8, 4) is 6.07 Å². The number of anilines is 1. The van der Waals surface area contributed by atoms with Crippen LogP contribution in [0.2, 0.25) is 0 Å². The second-order valence-corrected chi connectivity index (χ2v) is 9.78. The van der Waals surface area contributed by atoms with Crippen molar-refractivity contribution in [2.24, 2.45) is 7.05 Å². The van der Waals surface area contributed by atoms with Crippen LogP contribution in [0.1, 0.15) is 62.3 Å². The van der Waals surface area contributed by atoms with Crippen molar-refractivity contribution in [3.63, 3.8) is 0 Å². The molecule has 8 heteroatoms. The maximum atomic E-state index is 15.0. The Labute approximate surface area is 204 Å². The van der Waals surface area contributed by atoms with Crippen molar-refractivity contribution >= 4 is 16.9 Å². The quantitative estimate of drug-likeness (QED) is 0.535. The average molecular weight is 475 g/mol. The van der Waals surface area contributed by atoms with Crippen LogP contribution in [0.15, 0.2) is 35.1 Å². The average Bonchev–Trinajstić information content (AvgIpc) is 3.72. The van der Waals surface area contributed by atoms with E-state index in [0.29, 0.717) is 41.6 Å². The number of rotatable bonds is 6. The molecule has 1 unspecified atom stereocenters.